The van der Waals surface area contributed by atoms with E-state index >= 15 is 0 Å². The SMILES string of the molecule is Cc1cccn2c(=O)c(C=C3SC(=S)N(C4CCCC4)C3=O)c(NCCc3ccccc3)nc12. The van der Waals surface area contributed by atoms with Crippen molar-refractivity contribution < 1.29 is 4.79 Å². The molecule has 2 aromatic heterocycles. The first-order valence-electron chi connectivity index (χ1n) is 11.6. The average Bonchev–Trinajstić information content (AvgIpc) is 3.45. The van der Waals surface area contributed by atoms with Gasteiger partial charge in [-0.15, -0.1) is 0 Å². The summed E-state index contributed by atoms with van der Waals surface area (Å²) in [6.45, 7) is 2.55. The molecule has 1 aliphatic carbocycles. The lowest BCUT2D eigenvalue weighted by Crippen LogP contribution is -2.36. The predicted molar refractivity (Wildman–Crippen MR) is 142 cm³/mol. The number of aromatic nitrogens is 2. The first-order chi connectivity index (χ1) is 16.5. The number of nitrogens with one attached hydrogen (secondary N) is 1. The second-order valence-corrected chi connectivity index (χ2v) is 10.4. The molecule has 0 bridgehead atoms. The molecule has 0 unspecified atom stereocenters. The number of carbonyl (C=O) groups excluding carboxylic acids is 1. The molecule has 1 amide bonds. The first-order valence-corrected chi connectivity index (χ1v) is 12.8. The standard InChI is InChI=1S/C26H26N4O2S2/c1-17-8-7-15-29-23(17)28-22(27-14-13-18-9-3-2-4-10-18)20(24(29)31)16-21-25(32)30(26(33)34-21)19-11-5-6-12-19/h2-4,7-10,15-16,19,27H,5-6,11-14H2,1H3. The molecule has 0 atom stereocenters. The quantitative estimate of drug-likeness (QED) is 0.395. The topological polar surface area (TPSA) is 66.7 Å². The summed E-state index contributed by atoms with van der Waals surface area (Å²) in [5.74, 6) is 0.382. The molecule has 8 heteroatoms. The van der Waals surface area contributed by atoms with Gasteiger partial charge in [-0.05, 0) is 49.5 Å². The van der Waals surface area contributed by atoms with E-state index in [0.717, 1.165) is 37.7 Å². The number of benzene rings is 1. The predicted octanol–water partition coefficient (Wildman–Crippen LogP) is 4.80. The number of amides is 1. The van der Waals surface area contributed by atoms with Gasteiger partial charge in [0.25, 0.3) is 11.5 Å². The lowest BCUT2D eigenvalue weighted by atomic mass is 10.1. The molecule has 34 heavy (non-hydrogen) atoms. The number of fused-ring (bicyclic) bond motifs is 1. The Kier molecular flexibility index (Phi) is 6.52. The van der Waals surface area contributed by atoms with E-state index in [0.29, 0.717) is 32.8 Å². The van der Waals surface area contributed by atoms with E-state index in [-0.39, 0.29) is 17.5 Å². The van der Waals surface area contributed by atoms with Crippen molar-refractivity contribution in [1.29, 1.82) is 0 Å². The molecule has 2 aliphatic rings. The molecule has 1 aliphatic heterocycles. The van der Waals surface area contributed by atoms with Crippen LogP contribution in [0.25, 0.3) is 11.7 Å². The van der Waals surface area contributed by atoms with Crippen molar-refractivity contribution >= 4 is 51.7 Å². The van der Waals surface area contributed by atoms with Gasteiger partial charge in [0, 0.05) is 18.8 Å². The minimum Gasteiger partial charge on any atom is -0.369 e. The molecule has 1 saturated heterocycles. The Bertz CT molecular complexity index is 1340. The maximum atomic E-state index is 13.5. The molecule has 6 nitrogen and oxygen atoms in total. The van der Waals surface area contributed by atoms with Gasteiger partial charge in [0.2, 0.25) is 0 Å². The number of thioether (sulfide) groups is 1. The van der Waals surface area contributed by atoms with Gasteiger partial charge in [-0.2, -0.15) is 0 Å². The van der Waals surface area contributed by atoms with Gasteiger partial charge in [-0.25, -0.2) is 4.98 Å². The van der Waals surface area contributed by atoms with Crippen molar-refractivity contribution in [2.24, 2.45) is 0 Å². The number of rotatable bonds is 6. The summed E-state index contributed by atoms with van der Waals surface area (Å²) in [5.41, 5.74) is 2.88. The van der Waals surface area contributed by atoms with Crippen LogP contribution in [-0.4, -0.2) is 37.1 Å². The van der Waals surface area contributed by atoms with Crippen LogP contribution >= 0.6 is 24.0 Å². The van der Waals surface area contributed by atoms with Crippen LogP contribution in [0.5, 0.6) is 0 Å². The van der Waals surface area contributed by atoms with Gasteiger partial charge in [0.05, 0.1) is 10.5 Å². The molecule has 0 radical (unpaired) electrons. The summed E-state index contributed by atoms with van der Waals surface area (Å²) < 4.78 is 2.12. The van der Waals surface area contributed by atoms with Crippen LogP contribution in [0, 0.1) is 6.92 Å². The highest BCUT2D eigenvalue weighted by atomic mass is 32.2. The molecule has 5 rings (SSSR count). The molecule has 174 valence electrons. The Morgan fingerprint density at radius 1 is 1.15 bits per heavy atom. The van der Waals surface area contributed by atoms with Gasteiger partial charge in [0.1, 0.15) is 15.8 Å². The van der Waals surface area contributed by atoms with Crippen molar-refractivity contribution in [2.45, 2.75) is 45.1 Å². The Hall–Kier alpha value is -2.97. The van der Waals surface area contributed by atoms with Crippen LogP contribution in [0.3, 0.4) is 0 Å². The van der Waals surface area contributed by atoms with Crippen molar-refractivity contribution in [3.63, 3.8) is 0 Å². The molecule has 3 heterocycles. The van der Waals surface area contributed by atoms with Crippen LogP contribution in [0.15, 0.2) is 58.4 Å². The van der Waals surface area contributed by atoms with Crippen LogP contribution in [0.2, 0.25) is 0 Å². The minimum atomic E-state index is -0.206. The van der Waals surface area contributed by atoms with Gasteiger partial charge in [-0.3, -0.25) is 18.9 Å². The molecular formula is C26H26N4O2S2. The highest BCUT2D eigenvalue weighted by Gasteiger charge is 2.38. The second-order valence-electron chi connectivity index (χ2n) is 8.72. The number of thiocarbonyl (C=S) groups is 1. The monoisotopic (exact) mass is 490 g/mol. The first kappa shape index (κ1) is 22.8. The number of pyridine rings is 1. The van der Waals surface area contributed by atoms with Crippen LogP contribution in [-0.2, 0) is 11.2 Å². The molecular weight excluding hydrogens is 464 g/mol. The van der Waals surface area contributed by atoms with Crippen molar-refractivity contribution in [2.75, 3.05) is 11.9 Å². The minimum absolute atomic E-state index is 0.106. The van der Waals surface area contributed by atoms with Crippen molar-refractivity contribution in [1.82, 2.24) is 14.3 Å². The smallest absolute Gasteiger partial charge is 0.267 e. The van der Waals surface area contributed by atoms with Crippen molar-refractivity contribution in [3.05, 3.63) is 80.6 Å². The summed E-state index contributed by atoms with van der Waals surface area (Å²) in [6.07, 6.45) is 8.36. The Balaban J connectivity index is 1.51. The Morgan fingerprint density at radius 3 is 2.68 bits per heavy atom. The summed E-state index contributed by atoms with van der Waals surface area (Å²) >= 11 is 6.82. The fourth-order valence-electron chi connectivity index (χ4n) is 4.63. The third-order valence-corrected chi connectivity index (χ3v) is 7.75. The van der Waals surface area contributed by atoms with E-state index in [2.05, 4.69) is 17.4 Å². The van der Waals surface area contributed by atoms with E-state index in [4.69, 9.17) is 17.2 Å². The van der Waals surface area contributed by atoms with Crippen LogP contribution in [0.4, 0.5) is 5.82 Å². The number of aryl methyl sites for hydroxylation is 1. The van der Waals surface area contributed by atoms with E-state index in [1.807, 2.05) is 37.3 Å². The lowest BCUT2D eigenvalue weighted by molar-refractivity contribution is -0.123. The number of anilines is 1. The number of nitrogens with zero attached hydrogens (tertiary/aromatic N) is 3. The maximum Gasteiger partial charge on any atom is 0.267 e. The molecule has 3 aromatic rings. The Labute approximate surface area is 208 Å². The normalized spacial score (nSPS) is 17.9. The second kappa shape index (κ2) is 9.72. The lowest BCUT2D eigenvalue weighted by Gasteiger charge is -2.21. The summed E-state index contributed by atoms with van der Waals surface area (Å²) in [6, 6.07) is 14.1. The van der Waals surface area contributed by atoms with Crippen molar-refractivity contribution in [3.8, 4) is 0 Å². The summed E-state index contributed by atoms with van der Waals surface area (Å²) in [4.78, 5) is 33.8. The van der Waals surface area contributed by atoms with Crippen LogP contribution in [0.1, 0.15) is 42.4 Å². The zero-order valence-electron chi connectivity index (χ0n) is 19.0. The van der Waals surface area contributed by atoms with Gasteiger partial charge >= 0.3 is 0 Å². The van der Waals surface area contributed by atoms with E-state index in [1.165, 1.54) is 17.3 Å². The van der Waals surface area contributed by atoms with E-state index in [1.54, 1.807) is 21.6 Å². The molecule has 1 aromatic carbocycles. The molecule has 2 fully saturated rings. The molecule has 0 spiro atoms. The highest BCUT2D eigenvalue weighted by molar-refractivity contribution is 8.26. The average molecular weight is 491 g/mol. The van der Waals surface area contributed by atoms with Gasteiger partial charge in [-0.1, -0.05) is 73.2 Å². The molecule has 1 N–H and O–H groups in total. The van der Waals surface area contributed by atoms with Gasteiger partial charge < -0.3 is 5.32 Å². The zero-order valence-corrected chi connectivity index (χ0v) is 20.6. The largest absolute Gasteiger partial charge is 0.369 e. The Morgan fingerprint density at radius 2 is 1.91 bits per heavy atom. The van der Waals surface area contributed by atoms with E-state index < -0.39 is 0 Å². The number of carbonyl (C=O) groups is 1. The molecule has 1 saturated carbocycles. The third-order valence-electron chi connectivity index (χ3n) is 6.42. The summed E-state index contributed by atoms with van der Waals surface area (Å²) in [5, 5.41) is 3.35. The van der Waals surface area contributed by atoms with Gasteiger partial charge in [0.15, 0.2) is 0 Å². The fourth-order valence-corrected chi connectivity index (χ4v) is 6.02. The van der Waals surface area contributed by atoms with E-state index in [9.17, 15) is 9.59 Å². The number of hydrogen-bond acceptors (Lipinski definition) is 6. The fraction of sp³-hybridized carbons (Fsp3) is 0.308. The maximum absolute atomic E-state index is 13.5. The third kappa shape index (κ3) is 4.40. The van der Waals surface area contributed by atoms with Crippen LogP contribution < -0.4 is 10.9 Å². The zero-order chi connectivity index (χ0) is 23.7. The summed E-state index contributed by atoms with van der Waals surface area (Å²) in [7, 11) is 0. The highest BCUT2D eigenvalue weighted by Crippen LogP contribution is 2.38. The number of hydrogen-bond donors (Lipinski definition) is 1.